The van der Waals surface area contributed by atoms with E-state index >= 15 is 0 Å². The van der Waals surface area contributed by atoms with Gasteiger partial charge in [0.2, 0.25) is 0 Å². The van der Waals surface area contributed by atoms with E-state index in [1.165, 1.54) is 19.1 Å². The summed E-state index contributed by atoms with van der Waals surface area (Å²) in [6.45, 7) is 1.51. The predicted molar refractivity (Wildman–Crippen MR) is 49.4 cm³/mol. The quantitative estimate of drug-likeness (QED) is 0.744. The molecule has 0 heterocycles. The largest absolute Gasteiger partial charge is 0.321 e. The molecule has 0 aliphatic carbocycles. The molecule has 0 aliphatic rings. The molecule has 1 unspecified atom stereocenters. The molecule has 0 bridgehead atoms. The summed E-state index contributed by atoms with van der Waals surface area (Å²) in [6, 6.07) is 3.19. The number of hydrogen-bond donors (Lipinski definition) is 1. The normalized spacial score (nSPS) is 12.6. The highest BCUT2D eigenvalue weighted by Gasteiger charge is 2.15. The number of carbonyl (C=O) groups excluding carboxylic acids is 1. The second kappa shape index (κ2) is 3.85. The summed E-state index contributed by atoms with van der Waals surface area (Å²) in [5, 5.41) is 0.263. The molecule has 1 rings (SSSR count). The van der Waals surface area contributed by atoms with E-state index in [1.807, 2.05) is 0 Å². The van der Waals surface area contributed by atoms with E-state index in [1.54, 1.807) is 0 Å². The lowest BCUT2D eigenvalue weighted by Gasteiger charge is -2.05. The van der Waals surface area contributed by atoms with Crippen molar-refractivity contribution in [3.05, 3.63) is 34.6 Å². The zero-order valence-corrected chi connectivity index (χ0v) is 7.81. The van der Waals surface area contributed by atoms with Crippen LogP contribution in [0.15, 0.2) is 18.2 Å². The fourth-order valence-electron chi connectivity index (χ4n) is 0.935. The molecular weight excluding hydrogens is 193 g/mol. The monoisotopic (exact) mass is 201 g/mol. The fourth-order valence-corrected chi connectivity index (χ4v) is 1.09. The lowest BCUT2D eigenvalue weighted by Crippen LogP contribution is -2.27. The molecule has 2 nitrogen and oxygen atoms in total. The molecule has 70 valence electrons. The first-order valence-electron chi connectivity index (χ1n) is 3.77. The van der Waals surface area contributed by atoms with Crippen LogP contribution in [0.3, 0.4) is 0 Å². The predicted octanol–water partition coefficient (Wildman–Crippen LogP) is 2.01. The van der Waals surface area contributed by atoms with Gasteiger partial charge in [0, 0.05) is 5.02 Å². The van der Waals surface area contributed by atoms with E-state index in [-0.39, 0.29) is 10.6 Å². The molecule has 0 amide bonds. The van der Waals surface area contributed by atoms with E-state index in [9.17, 15) is 9.18 Å². The van der Waals surface area contributed by atoms with E-state index in [0.29, 0.717) is 0 Å². The van der Waals surface area contributed by atoms with Crippen LogP contribution in [-0.2, 0) is 0 Å². The minimum atomic E-state index is -0.698. The van der Waals surface area contributed by atoms with Gasteiger partial charge >= 0.3 is 0 Å². The maximum atomic E-state index is 13.1. The summed E-state index contributed by atoms with van der Waals surface area (Å²) < 4.78 is 13.1. The summed E-state index contributed by atoms with van der Waals surface area (Å²) >= 11 is 5.52. The Morgan fingerprint density at radius 2 is 2.23 bits per heavy atom. The van der Waals surface area contributed by atoms with Crippen LogP contribution >= 0.6 is 11.6 Å². The molecule has 0 saturated carbocycles. The van der Waals surface area contributed by atoms with E-state index < -0.39 is 17.6 Å². The standard InChI is InChI=1S/C9H9ClFNO/c1-5(12)9(13)7-3-2-6(10)4-8(7)11/h2-5H,12H2,1H3. The van der Waals surface area contributed by atoms with Gasteiger partial charge in [0.05, 0.1) is 11.6 Å². The molecule has 1 aromatic rings. The average molecular weight is 202 g/mol. The maximum absolute atomic E-state index is 13.1. The first-order valence-corrected chi connectivity index (χ1v) is 4.15. The number of benzene rings is 1. The Labute approximate surface area is 80.5 Å². The number of carbonyl (C=O) groups is 1. The van der Waals surface area contributed by atoms with Gasteiger partial charge in [-0.1, -0.05) is 11.6 Å². The third kappa shape index (κ3) is 2.26. The third-order valence-electron chi connectivity index (χ3n) is 1.61. The molecule has 0 fully saturated rings. The zero-order chi connectivity index (χ0) is 10.0. The van der Waals surface area contributed by atoms with Gasteiger partial charge in [0.1, 0.15) is 5.82 Å². The molecule has 1 atom stereocenters. The summed E-state index contributed by atoms with van der Waals surface area (Å²) in [5.74, 6) is -1.05. The number of rotatable bonds is 2. The first-order chi connectivity index (χ1) is 6.02. The second-order valence-electron chi connectivity index (χ2n) is 2.78. The molecular formula is C9H9ClFNO. The minimum Gasteiger partial charge on any atom is -0.321 e. The molecule has 1 aromatic carbocycles. The van der Waals surface area contributed by atoms with Crippen molar-refractivity contribution in [2.24, 2.45) is 5.73 Å². The van der Waals surface area contributed by atoms with Crippen molar-refractivity contribution in [2.75, 3.05) is 0 Å². The zero-order valence-electron chi connectivity index (χ0n) is 7.05. The van der Waals surface area contributed by atoms with Crippen molar-refractivity contribution in [2.45, 2.75) is 13.0 Å². The Kier molecular flexibility index (Phi) is 3.01. The molecule has 0 aliphatic heterocycles. The Hall–Kier alpha value is -0.930. The molecule has 4 heteroatoms. The lowest BCUT2D eigenvalue weighted by atomic mass is 10.1. The van der Waals surface area contributed by atoms with E-state index in [0.717, 1.165) is 6.07 Å². The van der Waals surface area contributed by atoms with Crippen LogP contribution in [0.1, 0.15) is 17.3 Å². The molecule has 2 N–H and O–H groups in total. The van der Waals surface area contributed by atoms with Crippen molar-refractivity contribution >= 4 is 17.4 Å². The Morgan fingerprint density at radius 1 is 1.62 bits per heavy atom. The highest BCUT2D eigenvalue weighted by atomic mass is 35.5. The number of hydrogen-bond acceptors (Lipinski definition) is 2. The molecule has 0 saturated heterocycles. The molecule has 0 spiro atoms. The Bertz CT molecular complexity index is 338. The van der Waals surface area contributed by atoms with Gasteiger partial charge in [-0.25, -0.2) is 4.39 Å². The average Bonchev–Trinajstić information content (AvgIpc) is 2.03. The highest BCUT2D eigenvalue weighted by molar-refractivity contribution is 6.30. The number of Topliss-reactive ketones (excluding diaryl/α,β-unsaturated/α-hetero) is 1. The Balaban J connectivity index is 3.09. The van der Waals surface area contributed by atoms with Crippen molar-refractivity contribution < 1.29 is 9.18 Å². The SMILES string of the molecule is CC(N)C(=O)c1ccc(Cl)cc1F. The van der Waals surface area contributed by atoms with Gasteiger partial charge in [-0.3, -0.25) is 4.79 Å². The van der Waals surface area contributed by atoms with Gasteiger partial charge < -0.3 is 5.73 Å². The minimum absolute atomic E-state index is 0.0144. The van der Waals surface area contributed by atoms with Crippen LogP contribution < -0.4 is 5.73 Å². The molecule has 13 heavy (non-hydrogen) atoms. The van der Waals surface area contributed by atoms with Crippen LogP contribution in [0.2, 0.25) is 5.02 Å². The summed E-state index contributed by atoms with van der Waals surface area (Å²) in [5.41, 5.74) is 5.31. The van der Waals surface area contributed by atoms with E-state index in [2.05, 4.69) is 0 Å². The fraction of sp³-hybridized carbons (Fsp3) is 0.222. The number of nitrogens with two attached hydrogens (primary N) is 1. The van der Waals surface area contributed by atoms with Crippen LogP contribution in [-0.4, -0.2) is 11.8 Å². The number of halogens is 2. The Morgan fingerprint density at radius 3 is 2.69 bits per heavy atom. The smallest absolute Gasteiger partial charge is 0.182 e. The summed E-state index contributed by atoms with van der Waals surface area (Å²) in [7, 11) is 0. The van der Waals surface area contributed by atoms with Gasteiger partial charge in [0.25, 0.3) is 0 Å². The van der Waals surface area contributed by atoms with Crippen molar-refractivity contribution in [3.8, 4) is 0 Å². The summed E-state index contributed by atoms with van der Waals surface area (Å²) in [4.78, 5) is 11.3. The first kappa shape index (κ1) is 10.2. The third-order valence-corrected chi connectivity index (χ3v) is 1.85. The van der Waals surface area contributed by atoms with Crippen LogP contribution in [0.25, 0.3) is 0 Å². The van der Waals surface area contributed by atoms with Crippen molar-refractivity contribution in [3.63, 3.8) is 0 Å². The van der Waals surface area contributed by atoms with Crippen LogP contribution in [0, 0.1) is 5.82 Å². The van der Waals surface area contributed by atoms with Crippen molar-refractivity contribution in [1.82, 2.24) is 0 Å². The lowest BCUT2D eigenvalue weighted by molar-refractivity contribution is 0.0964. The molecule has 0 aromatic heterocycles. The van der Waals surface area contributed by atoms with Gasteiger partial charge in [-0.05, 0) is 25.1 Å². The van der Waals surface area contributed by atoms with Gasteiger partial charge in [0.15, 0.2) is 5.78 Å². The van der Waals surface area contributed by atoms with Crippen LogP contribution in [0.4, 0.5) is 4.39 Å². The maximum Gasteiger partial charge on any atom is 0.182 e. The van der Waals surface area contributed by atoms with Crippen molar-refractivity contribution in [1.29, 1.82) is 0 Å². The second-order valence-corrected chi connectivity index (χ2v) is 3.21. The molecule has 0 radical (unpaired) electrons. The van der Waals surface area contributed by atoms with Gasteiger partial charge in [-0.2, -0.15) is 0 Å². The van der Waals surface area contributed by atoms with Crippen LogP contribution in [0.5, 0.6) is 0 Å². The highest BCUT2D eigenvalue weighted by Crippen LogP contribution is 2.15. The topological polar surface area (TPSA) is 43.1 Å². The van der Waals surface area contributed by atoms with Gasteiger partial charge in [-0.15, -0.1) is 0 Å². The number of ketones is 1. The summed E-state index contributed by atoms with van der Waals surface area (Å²) in [6.07, 6.45) is 0. The van der Waals surface area contributed by atoms with E-state index in [4.69, 9.17) is 17.3 Å².